The molecule has 0 saturated carbocycles. The van der Waals surface area contributed by atoms with Crippen LogP contribution >= 0.6 is 0 Å². The van der Waals surface area contributed by atoms with Crippen molar-refractivity contribution in [2.75, 3.05) is 0 Å². The molecule has 1 aromatic carbocycles. The highest BCUT2D eigenvalue weighted by molar-refractivity contribution is 5.87. The molecule has 0 aliphatic rings. The first-order chi connectivity index (χ1) is 9.11. The quantitative estimate of drug-likeness (QED) is 0.898. The van der Waals surface area contributed by atoms with Crippen LogP contribution < -0.4 is 5.56 Å². The van der Waals surface area contributed by atoms with E-state index in [4.69, 9.17) is 10.4 Å². The molecule has 0 bridgehead atoms. The number of benzene rings is 1. The second kappa shape index (κ2) is 5.19. The average molecular weight is 254 g/mol. The lowest BCUT2D eigenvalue weighted by Gasteiger charge is -2.07. The van der Waals surface area contributed by atoms with Crippen molar-refractivity contribution in [3.8, 4) is 6.07 Å². The van der Waals surface area contributed by atoms with Crippen LogP contribution in [0.1, 0.15) is 21.5 Å². The fourth-order valence-corrected chi connectivity index (χ4v) is 1.72. The van der Waals surface area contributed by atoms with E-state index in [-0.39, 0.29) is 12.1 Å². The molecule has 19 heavy (non-hydrogen) atoms. The minimum Gasteiger partial charge on any atom is -0.478 e. The summed E-state index contributed by atoms with van der Waals surface area (Å²) in [7, 11) is 0. The molecular weight excluding hydrogens is 244 g/mol. The maximum absolute atomic E-state index is 11.8. The predicted molar refractivity (Wildman–Crippen MR) is 67.9 cm³/mol. The van der Waals surface area contributed by atoms with Gasteiger partial charge in [-0.25, -0.2) is 4.79 Å². The van der Waals surface area contributed by atoms with Crippen molar-refractivity contribution in [3.63, 3.8) is 0 Å². The highest BCUT2D eigenvalue weighted by atomic mass is 16.4. The minimum absolute atomic E-state index is 0.0465. The molecule has 5 heteroatoms. The van der Waals surface area contributed by atoms with Gasteiger partial charge < -0.3 is 9.67 Å². The molecular formula is C14H10N2O3. The number of carboxylic acid groups (broad SMARTS) is 1. The van der Waals surface area contributed by atoms with Crippen molar-refractivity contribution >= 4 is 5.97 Å². The van der Waals surface area contributed by atoms with Crippen LogP contribution in [0.4, 0.5) is 0 Å². The van der Waals surface area contributed by atoms with E-state index in [1.807, 2.05) is 0 Å². The van der Waals surface area contributed by atoms with Gasteiger partial charge in [-0.05, 0) is 17.7 Å². The maximum atomic E-state index is 11.8. The van der Waals surface area contributed by atoms with Gasteiger partial charge in [-0.15, -0.1) is 0 Å². The Hall–Kier alpha value is -2.87. The highest BCUT2D eigenvalue weighted by Crippen LogP contribution is 2.08. The molecule has 0 fully saturated rings. The second-order valence-corrected chi connectivity index (χ2v) is 3.96. The Morgan fingerprint density at radius 3 is 2.68 bits per heavy atom. The summed E-state index contributed by atoms with van der Waals surface area (Å²) in [4.78, 5) is 22.5. The van der Waals surface area contributed by atoms with E-state index < -0.39 is 11.5 Å². The van der Waals surface area contributed by atoms with Gasteiger partial charge in [0.25, 0.3) is 5.56 Å². The van der Waals surface area contributed by atoms with Crippen LogP contribution in [-0.2, 0) is 6.54 Å². The number of nitrogens with zero attached hydrogens (tertiary/aromatic N) is 2. The van der Waals surface area contributed by atoms with Gasteiger partial charge in [0, 0.05) is 12.3 Å². The summed E-state index contributed by atoms with van der Waals surface area (Å²) in [5.74, 6) is -1.14. The number of hydrogen-bond acceptors (Lipinski definition) is 3. The summed E-state index contributed by atoms with van der Waals surface area (Å²) in [5, 5.41) is 17.7. The van der Waals surface area contributed by atoms with E-state index in [1.54, 1.807) is 24.3 Å². The van der Waals surface area contributed by atoms with Crippen molar-refractivity contribution in [1.82, 2.24) is 4.57 Å². The van der Waals surface area contributed by atoms with Crippen LogP contribution in [0, 0.1) is 11.3 Å². The Bertz CT molecular complexity index is 726. The topological polar surface area (TPSA) is 83.1 Å². The zero-order valence-electron chi connectivity index (χ0n) is 9.91. The molecule has 2 aromatic rings. The Kier molecular flexibility index (Phi) is 3.44. The van der Waals surface area contributed by atoms with Crippen molar-refractivity contribution < 1.29 is 9.90 Å². The van der Waals surface area contributed by atoms with Gasteiger partial charge in [0.15, 0.2) is 0 Å². The van der Waals surface area contributed by atoms with E-state index in [0.29, 0.717) is 5.56 Å². The summed E-state index contributed by atoms with van der Waals surface area (Å²) >= 11 is 0. The molecule has 1 aromatic heterocycles. The zero-order chi connectivity index (χ0) is 13.8. The summed E-state index contributed by atoms with van der Waals surface area (Å²) in [6, 6.07) is 11.4. The first-order valence-corrected chi connectivity index (χ1v) is 5.53. The average Bonchev–Trinajstić information content (AvgIpc) is 2.41. The van der Waals surface area contributed by atoms with Gasteiger partial charge in [-0.2, -0.15) is 5.26 Å². The third-order valence-electron chi connectivity index (χ3n) is 2.72. The molecule has 2 rings (SSSR count). The Labute approximate surface area is 109 Å². The van der Waals surface area contributed by atoms with Crippen molar-refractivity contribution in [3.05, 3.63) is 69.6 Å². The summed E-state index contributed by atoms with van der Waals surface area (Å²) in [6.07, 6.45) is 1.42. The Morgan fingerprint density at radius 2 is 2.05 bits per heavy atom. The van der Waals surface area contributed by atoms with E-state index >= 15 is 0 Å². The SMILES string of the molecule is N#Cc1ccccc1Cn1ccc(C(=O)O)cc1=O. The smallest absolute Gasteiger partial charge is 0.335 e. The molecule has 0 atom stereocenters. The normalized spacial score (nSPS) is 9.84. The van der Waals surface area contributed by atoms with E-state index in [1.165, 1.54) is 16.8 Å². The van der Waals surface area contributed by atoms with E-state index in [9.17, 15) is 9.59 Å². The lowest BCUT2D eigenvalue weighted by atomic mass is 10.1. The summed E-state index contributed by atoms with van der Waals surface area (Å²) in [6.45, 7) is 0.239. The zero-order valence-corrected chi connectivity index (χ0v) is 9.91. The van der Waals surface area contributed by atoms with Gasteiger partial charge in [0.1, 0.15) is 0 Å². The van der Waals surface area contributed by atoms with Gasteiger partial charge in [-0.1, -0.05) is 18.2 Å². The molecule has 0 saturated heterocycles. The third-order valence-corrected chi connectivity index (χ3v) is 2.72. The van der Waals surface area contributed by atoms with E-state index in [2.05, 4.69) is 6.07 Å². The molecule has 5 nitrogen and oxygen atoms in total. The summed E-state index contributed by atoms with van der Waals surface area (Å²) in [5.41, 5.74) is 0.759. The monoisotopic (exact) mass is 254 g/mol. The standard InChI is InChI=1S/C14H10N2O3/c15-8-11-3-1-2-4-12(11)9-16-6-5-10(14(18)19)7-13(16)17/h1-7H,9H2,(H,18,19). The lowest BCUT2D eigenvalue weighted by Crippen LogP contribution is -2.21. The van der Waals surface area contributed by atoms with Crippen LogP contribution in [0.3, 0.4) is 0 Å². The highest BCUT2D eigenvalue weighted by Gasteiger charge is 2.07. The lowest BCUT2D eigenvalue weighted by molar-refractivity contribution is 0.0696. The number of aromatic carboxylic acids is 1. The fraction of sp³-hybridized carbons (Fsp3) is 0.0714. The number of aromatic nitrogens is 1. The minimum atomic E-state index is -1.14. The summed E-state index contributed by atoms with van der Waals surface area (Å²) < 4.78 is 1.36. The van der Waals surface area contributed by atoms with Crippen molar-refractivity contribution in [2.45, 2.75) is 6.54 Å². The van der Waals surface area contributed by atoms with Crippen LogP contribution in [0.5, 0.6) is 0 Å². The Balaban J connectivity index is 2.37. The number of nitriles is 1. The Morgan fingerprint density at radius 1 is 1.32 bits per heavy atom. The number of carboxylic acids is 1. The molecule has 0 aliphatic heterocycles. The van der Waals surface area contributed by atoms with E-state index in [0.717, 1.165) is 11.6 Å². The first-order valence-electron chi connectivity index (χ1n) is 5.53. The van der Waals surface area contributed by atoms with Gasteiger partial charge in [0.05, 0.1) is 23.7 Å². The maximum Gasteiger partial charge on any atom is 0.335 e. The number of hydrogen-bond donors (Lipinski definition) is 1. The molecule has 0 spiro atoms. The fourth-order valence-electron chi connectivity index (χ4n) is 1.72. The molecule has 0 unspecified atom stereocenters. The number of carbonyl (C=O) groups is 1. The second-order valence-electron chi connectivity index (χ2n) is 3.96. The molecule has 0 amide bonds. The molecule has 94 valence electrons. The van der Waals surface area contributed by atoms with Gasteiger partial charge in [-0.3, -0.25) is 4.79 Å². The number of rotatable bonds is 3. The molecule has 1 heterocycles. The van der Waals surface area contributed by atoms with Crippen LogP contribution in [0.2, 0.25) is 0 Å². The molecule has 0 aliphatic carbocycles. The largest absolute Gasteiger partial charge is 0.478 e. The number of pyridine rings is 1. The first kappa shape index (κ1) is 12.6. The van der Waals surface area contributed by atoms with Gasteiger partial charge >= 0.3 is 5.97 Å². The van der Waals surface area contributed by atoms with Crippen LogP contribution in [0.25, 0.3) is 0 Å². The van der Waals surface area contributed by atoms with Crippen LogP contribution in [0.15, 0.2) is 47.4 Å². The predicted octanol–water partition coefficient (Wildman–Crippen LogP) is 1.47. The molecule has 1 N–H and O–H groups in total. The van der Waals surface area contributed by atoms with Crippen LogP contribution in [-0.4, -0.2) is 15.6 Å². The van der Waals surface area contributed by atoms with Crippen molar-refractivity contribution in [1.29, 1.82) is 5.26 Å². The van der Waals surface area contributed by atoms with Gasteiger partial charge in [0.2, 0.25) is 0 Å². The van der Waals surface area contributed by atoms with Crippen molar-refractivity contribution in [2.24, 2.45) is 0 Å². The third kappa shape index (κ3) is 2.69. The molecule has 0 radical (unpaired) electrons.